The molecule has 0 aromatic heterocycles. The van der Waals surface area contributed by atoms with Crippen molar-refractivity contribution >= 4 is 35.8 Å². The SMILES string of the molecule is C#CCNC(=NCCNC(=O)c1ccccc1)NCC.I. The Labute approximate surface area is 143 Å². The number of carbonyl (C=O) groups is 1. The largest absolute Gasteiger partial charge is 0.357 e. The third kappa shape index (κ3) is 8.19. The van der Waals surface area contributed by atoms with Crippen LogP contribution >= 0.6 is 24.0 Å². The van der Waals surface area contributed by atoms with E-state index in [9.17, 15) is 4.79 Å². The number of hydrogen-bond donors (Lipinski definition) is 3. The van der Waals surface area contributed by atoms with Gasteiger partial charge < -0.3 is 16.0 Å². The first kappa shape index (κ1) is 19.2. The minimum Gasteiger partial charge on any atom is -0.357 e. The number of nitrogens with zero attached hydrogens (tertiary/aromatic N) is 1. The van der Waals surface area contributed by atoms with Crippen LogP contribution in [0, 0.1) is 12.3 Å². The van der Waals surface area contributed by atoms with Crippen LogP contribution in [0.2, 0.25) is 0 Å². The lowest BCUT2D eigenvalue weighted by molar-refractivity contribution is 0.0955. The van der Waals surface area contributed by atoms with Crippen LogP contribution in [0.5, 0.6) is 0 Å². The Morgan fingerprint density at radius 2 is 1.95 bits per heavy atom. The second kappa shape index (κ2) is 12.0. The number of hydrogen-bond acceptors (Lipinski definition) is 2. The molecule has 114 valence electrons. The summed E-state index contributed by atoms with van der Waals surface area (Å²) >= 11 is 0. The van der Waals surface area contributed by atoms with Crippen molar-refractivity contribution in [2.75, 3.05) is 26.2 Å². The number of guanidine groups is 1. The highest BCUT2D eigenvalue weighted by atomic mass is 127. The van der Waals surface area contributed by atoms with Crippen molar-refractivity contribution in [3.05, 3.63) is 35.9 Å². The third-order valence-electron chi connectivity index (χ3n) is 2.41. The number of nitrogens with one attached hydrogen (secondary N) is 3. The molecule has 1 amide bonds. The average molecular weight is 400 g/mol. The normalized spacial score (nSPS) is 10.0. The molecule has 0 aliphatic rings. The van der Waals surface area contributed by atoms with Crippen LogP contribution < -0.4 is 16.0 Å². The first-order valence-electron chi connectivity index (χ1n) is 6.56. The lowest BCUT2D eigenvalue weighted by Crippen LogP contribution is -2.38. The van der Waals surface area contributed by atoms with Gasteiger partial charge in [-0.05, 0) is 19.1 Å². The van der Waals surface area contributed by atoms with E-state index >= 15 is 0 Å². The number of carbonyl (C=O) groups excluding carboxylic acids is 1. The van der Waals surface area contributed by atoms with Crippen molar-refractivity contribution in [3.63, 3.8) is 0 Å². The van der Waals surface area contributed by atoms with E-state index in [0.717, 1.165) is 6.54 Å². The Bertz CT molecular complexity index is 482. The van der Waals surface area contributed by atoms with Crippen LogP contribution in [0.1, 0.15) is 17.3 Å². The van der Waals surface area contributed by atoms with Gasteiger partial charge >= 0.3 is 0 Å². The van der Waals surface area contributed by atoms with Gasteiger partial charge in [-0.2, -0.15) is 0 Å². The van der Waals surface area contributed by atoms with Gasteiger partial charge in [0.25, 0.3) is 5.91 Å². The molecule has 0 fully saturated rings. The zero-order valence-corrected chi connectivity index (χ0v) is 14.4. The van der Waals surface area contributed by atoms with E-state index in [4.69, 9.17) is 6.42 Å². The fourth-order valence-corrected chi connectivity index (χ4v) is 1.51. The summed E-state index contributed by atoms with van der Waals surface area (Å²) in [4.78, 5) is 16.1. The van der Waals surface area contributed by atoms with Crippen LogP contribution in [0.15, 0.2) is 35.3 Å². The van der Waals surface area contributed by atoms with Crippen LogP contribution in [0.3, 0.4) is 0 Å². The van der Waals surface area contributed by atoms with Gasteiger partial charge in [0.05, 0.1) is 13.1 Å². The van der Waals surface area contributed by atoms with Crippen LogP contribution in [-0.4, -0.2) is 38.0 Å². The molecule has 0 radical (unpaired) electrons. The molecule has 0 unspecified atom stereocenters. The predicted octanol–water partition coefficient (Wildman–Crippen LogP) is 1.22. The fourth-order valence-electron chi connectivity index (χ4n) is 1.51. The second-order valence-corrected chi connectivity index (χ2v) is 3.94. The van der Waals surface area contributed by atoms with E-state index in [1.807, 2.05) is 25.1 Å². The Balaban J connectivity index is 0.00000400. The molecule has 0 saturated carbocycles. The maximum absolute atomic E-state index is 11.8. The van der Waals surface area contributed by atoms with Gasteiger partial charge in [-0.3, -0.25) is 9.79 Å². The number of rotatable bonds is 6. The van der Waals surface area contributed by atoms with Crippen molar-refractivity contribution < 1.29 is 4.79 Å². The summed E-state index contributed by atoms with van der Waals surface area (Å²) in [6, 6.07) is 9.09. The maximum Gasteiger partial charge on any atom is 0.251 e. The molecule has 0 spiro atoms. The first-order chi connectivity index (χ1) is 9.77. The van der Waals surface area contributed by atoms with Gasteiger partial charge in [-0.25, -0.2) is 0 Å². The summed E-state index contributed by atoms with van der Waals surface area (Å²) in [7, 11) is 0. The van der Waals surface area contributed by atoms with Crippen LogP contribution in [-0.2, 0) is 0 Å². The van der Waals surface area contributed by atoms with E-state index in [1.54, 1.807) is 12.1 Å². The zero-order chi connectivity index (χ0) is 14.6. The number of benzene rings is 1. The van der Waals surface area contributed by atoms with Crippen molar-refractivity contribution in [1.29, 1.82) is 0 Å². The topological polar surface area (TPSA) is 65.5 Å². The lowest BCUT2D eigenvalue weighted by Gasteiger charge is -2.09. The van der Waals surface area contributed by atoms with Gasteiger partial charge in [-0.15, -0.1) is 30.4 Å². The zero-order valence-electron chi connectivity index (χ0n) is 12.1. The average Bonchev–Trinajstić information content (AvgIpc) is 2.49. The molecule has 5 nitrogen and oxygen atoms in total. The highest BCUT2D eigenvalue weighted by molar-refractivity contribution is 14.0. The summed E-state index contributed by atoms with van der Waals surface area (Å²) in [5.74, 6) is 3.04. The molecule has 6 heteroatoms. The molecule has 1 aromatic rings. The maximum atomic E-state index is 11.8. The number of aliphatic imine (C=N–C) groups is 1. The third-order valence-corrected chi connectivity index (χ3v) is 2.41. The molecule has 0 aliphatic carbocycles. The Morgan fingerprint density at radius 1 is 1.24 bits per heavy atom. The second-order valence-electron chi connectivity index (χ2n) is 3.94. The van der Waals surface area contributed by atoms with E-state index in [0.29, 0.717) is 31.2 Å². The monoisotopic (exact) mass is 400 g/mol. The summed E-state index contributed by atoms with van der Waals surface area (Å²) in [5.41, 5.74) is 0.647. The summed E-state index contributed by atoms with van der Waals surface area (Å²) < 4.78 is 0. The van der Waals surface area contributed by atoms with Crippen molar-refractivity contribution in [2.24, 2.45) is 4.99 Å². The van der Waals surface area contributed by atoms with E-state index in [-0.39, 0.29) is 29.9 Å². The molecule has 3 N–H and O–H groups in total. The molecule has 0 atom stereocenters. The van der Waals surface area contributed by atoms with Gasteiger partial charge in [0.1, 0.15) is 0 Å². The molecule has 21 heavy (non-hydrogen) atoms. The summed E-state index contributed by atoms with van der Waals surface area (Å²) in [5, 5.41) is 8.86. The smallest absolute Gasteiger partial charge is 0.251 e. The van der Waals surface area contributed by atoms with Crippen LogP contribution in [0.4, 0.5) is 0 Å². The highest BCUT2D eigenvalue weighted by Gasteiger charge is 2.02. The number of halogens is 1. The van der Waals surface area contributed by atoms with Gasteiger partial charge in [0, 0.05) is 18.7 Å². The first-order valence-corrected chi connectivity index (χ1v) is 6.56. The molecule has 1 aromatic carbocycles. The van der Waals surface area contributed by atoms with Gasteiger partial charge in [0.2, 0.25) is 0 Å². The molecular weight excluding hydrogens is 379 g/mol. The van der Waals surface area contributed by atoms with Crippen LogP contribution in [0.25, 0.3) is 0 Å². The van der Waals surface area contributed by atoms with Crippen molar-refractivity contribution in [1.82, 2.24) is 16.0 Å². The predicted molar refractivity (Wildman–Crippen MR) is 97.0 cm³/mol. The lowest BCUT2D eigenvalue weighted by atomic mass is 10.2. The quantitative estimate of drug-likeness (QED) is 0.221. The summed E-state index contributed by atoms with van der Waals surface area (Å²) in [6.45, 7) is 4.11. The Kier molecular flexibility index (Phi) is 11.0. The molecule has 0 aliphatic heterocycles. The Hall–Kier alpha value is -1.75. The highest BCUT2D eigenvalue weighted by Crippen LogP contribution is 1.97. The summed E-state index contributed by atoms with van der Waals surface area (Å²) in [6.07, 6.45) is 5.18. The molecular formula is C15H21IN4O. The molecule has 1 rings (SSSR count). The van der Waals surface area contributed by atoms with Crippen molar-refractivity contribution in [2.45, 2.75) is 6.92 Å². The van der Waals surface area contributed by atoms with Gasteiger partial charge in [0.15, 0.2) is 5.96 Å². The van der Waals surface area contributed by atoms with E-state index < -0.39 is 0 Å². The fraction of sp³-hybridized carbons (Fsp3) is 0.333. The standard InChI is InChI=1S/C15H20N4O.HI/c1-3-10-18-15(16-4-2)19-12-11-17-14(20)13-8-6-5-7-9-13;/h1,5-9H,4,10-12H2,2H3,(H,17,20)(H2,16,18,19);1H. The minimum absolute atomic E-state index is 0. The van der Waals surface area contributed by atoms with E-state index in [2.05, 4.69) is 26.9 Å². The molecule has 0 bridgehead atoms. The number of terminal acetylenes is 1. The Morgan fingerprint density at radius 3 is 2.57 bits per heavy atom. The van der Waals surface area contributed by atoms with Crippen molar-refractivity contribution in [3.8, 4) is 12.3 Å². The number of amides is 1. The van der Waals surface area contributed by atoms with E-state index in [1.165, 1.54) is 0 Å². The van der Waals surface area contributed by atoms with Gasteiger partial charge in [-0.1, -0.05) is 24.1 Å². The minimum atomic E-state index is -0.0950. The molecule has 0 saturated heterocycles. The molecule has 0 heterocycles.